The molecule has 6 fully saturated rings. The lowest BCUT2D eigenvalue weighted by molar-refractivity contribution is -0.150. The van der Waals surface area contributed by atoms with E-state index in [1.807, 2.05) is 0 Å². The third-order valence-corrected chi connectivity index (χ3v) is 11.5. The van der Waals surface area contributed by atoms with Gasteiger partial charge in [-0.25, -0.2) is 0 Å². The molecule has 3 aliphatic heterocycles. The van der Waals surface area contributed by atoms with Gasteiger partial charge in [0, 0.05) is 13.3 Å². The second-order valence-electron chi connectivity index (χ2n) is 13.6. The molecule has 0 unspecified atom stereocenters. The standard InChI is InChI=1S/C30H46O5/c1-18(2)19(3)8-9-20(4)23-10-11-24-27(23,6)13-7-14-29(24)25(34-29)26-30(35-26)16-22(33-21(5)31)12-15-28(30)17-32-28/h8-9,18-20,22-26H,7,10-17H2,1-6H3/b9-8+/t19-,20+,22-,23+,24+,25+,26+,27+,28+,29+,30+/m0/s1. The van der Waals surface area contributed by atoms with Crippen LogP contribution in [0.1, 0.15) is 92.9 Å². The molecule has 35 heavy (non-hydrogen) atoms. The van der Waals surface area contributed by atoms with Crippen LogP contribution < -0.4 is 0 Å². The zero-order valence-corrected chi connectivity index (χ0v) is 22.7. The third-order valence-electron chi connectivity index (χ3n) is 11.5. The van der Waals surface area contributed by atoms with Crippen LogP contribution in [0.2, 0.25) is 0 Å². The molecule has 3 heterocycles. The number of allylic oxidation sites excluding steroid dienone is 2. The molecule has 0 aromatic rings. The quantitative estimate of drug-likeness (QED) is 0.268. The number of hydrogen-bond acceptors (Lipinski definition) is 5. The number of fused-ring (bicyclic) bond motifs is 3. The topological polar surface area (TPSA) is 63.9 Å². The first-order valence-electron chi connectivity index (χ1n) is 14.4. The lowest BCUT2D eigenvalue weighted by Gasteiger charge is -2.46. The smallest absolute Gasteiger partial charge is 0.302 e. The van der Waals surface area contributed by atoms with Gasteiger partial charge in [0.1, 0.15) is 35.1 Å². The molecular formula is C30H46O5. The van der Waals surface area contributed by atoms with Crippen molar-refractivity contribution in [2.24, 2.45) is 35.0 Å². The number of esters is 1. The van der Waals surface area contributed by atoms with Crippen LogP contribution in [-0.4, -0.2) is 47.7 Å². The molecular weight excluding hydrogens is 440 g/mol. The highest BCUT2D eigenvalue weighted by molar-refractivity contribution is 5.66. The van der Waals surface area contributed by atoms with E-state index in [9.17, 15) is 4.79 Å². The molecule has 0 amide bonds. The van der Waals surface area contributed by atoms with E-state index < -0.39 is 0 Å². The van der Waals surface area contributed by atoms with Gasteiger partial charge in [0.15, 0.2) is 0 Å². The van der Waals surface area contributed by atoms with Crippen molar-refractivity contribution in [3.8, 4) is 0 Å². The highest BCUT2D eigenvalue weighted by atomic mass is 16.7. The predicted molar refractivity (Wildman–Crippen MR) is 134 cm³/mol. The van der Waals surface area contributed by atoms with Crippen LogP contribution in [0.25, 0.3) is 0 Å². The molecule has 196 valence electrons. The minimum atomic E-state index is -0.311. The van der Waals surface area contributed by atoms with E-state index in [0.717, 1.165) is 38.2 Å². The van der Waals surface area contributed by atoms with E-state index in [4.69, 9.17) is 18.9 Å². The van der Waals surface area contributed by atoms with E-state index in [2.05, 4.69) is 46.8 Å². The molecule has 0 aromatic carbocycles. The van der Waals surface area contributed by atoms with E-state index >= 15 is 0 Å². The van der Waals surface area contributed by atoms with Gasteiger partial charge >= 0.3 is 5.97 Å². The molecule has 6 aliphatic rings. The number of rotatable bonds is 6. The highest BCUT2D eigenvalue weighted by Crippen LogP contribution is 2.72. The first kappa shape index (κ1) is 24.4. The maximum absolute atomic E-state index is 11.6. The number of hydrogen-bond donors (Lipinski definition) is 0. The molecule has 5 heteroatoms. The van der Waals surface area contributed by atoms with Gasteiger partial charge in [-0.05, 0) is 80.0 Å². The highest BCUT2D eigenvalue weighted by Gasteiger charge is 2.85. The Kier molecular flexibility index (Phi) is 5.61. The van der Waals surface area contributed by atoms with Crippen LogP contribution in [0.15, 0.2) is 12.2 Å². The van der Waals surface area contributed by atoms with E-state index in [-0.39, 0.29) is 41.1 Å². The fourth-order valence-corrected chi connectivity index (χ4v) is 8.99. The summed E-state index contributed by atoms with van der Waals surface area (Å²) in [6, 6.07) is 0. The van der Waals surface area contributed by atoms with Crippen LogP contribution >= 0.6 is 0 Å². The molecule has 3 spiro atoms. The Hall–Kier alpha value is -0.910. The van der Waals surface area contributed by atoms with E-state index in [1.165, 1.54) is 32.6 Å². The van der Waals surface area contributed by atoms with Crippen molar-refractivity contribution in [3.63, 3.8) is 0 Å². The molecule has 11 atom stereocenters. The monoisotopic (exact) mass is 486 g/mol. The SMILES string of the molecule is CC(=O)O[C@H]1CC[C@@]2(CO2)[C@]2(C1)O[C@@H]2[C@H]1O[C@@]12CCC[C@]1(C)[C@@H]([C@H](C)/C=C/[C@H](C)C(C)C)CC[C@H]12. The Bertz CT molecular complexity index is 893. The molecule has 3 saturated heterocycles. The van der Waals surface area contributed by atoms with Crippen LogP contribution in [0, 0.1) is 35.0 Å². The van der Waals surface area contributed by atoms with Crippen molar-refractivity contribution in [1.29, 1.82) is 0 Å². The molecule has 3 saturated carbocycles. The van der Waals surface area contributed by atoms with E-state index in [1.54, 1.807) is 0 Å². The molecule has 0 N–H and O–H groups in total. The molecule has 0 radical (unpaired) electrons. The fourth-order valence-electron chi connectivity index (χ4n) is 8.99. The summed E-state index contributed by atoms with van der Waals surface area (Å²) < 4.78 is 25.0. The summed E-state index contributed by atoms with van der Waals surface area (Å²) in [7, 11) is 0. The minimum Gasteiger partial charge on any atom is -0.462 e. The van der Waals surface area contributed by atoms with Crippen LogP contribution in [0.3, 0.4) is 0 Å². The average molecular weight is 487 g/mol. The number of ether oxygens (including phenoxy) is 4. The van der Waals surface area contributed by atoms with Crippen molar-refractivity contribution in [2.75, 3.05) is 6.61 Å². The first-order chi connectivity index (χ1) is 16.6. The predicted octanol–water partition coefficient (Wildman–Crippen LogP) is 5.85. The number of carbonyl (C=O) groups is 1. The molecule has 0 bridgehead atoms. The van der Waals surface area contributed by atoms with Gasteiger partial charge in [0.2, 0.25) is 0 Å². The van der Waals surface area contributed by atoms with Gasteiger partial charge in [-0.2, -0.15) is 0 Å². The Balaban J connectivity index is 1.17. The van der Waals surface area contributed by atoms with Crippen molar-refractivity contribution >= 4 is 5.97 Å². The largest absolute Gasteiger partial charge is 0.462 e. The summed E-state index contributed by atoms with van der Waals surface area (Å²) in [6.45, 7) is 14.3. The van der Waals surface area contributed by atoms with Crippen molar-refractivity contribution in [3.05, 3.63) is 12.2 Å². The number of epoxide rings is 3. The summed E-state index contributed by atoms with van der Waals surface area (Å²) >= 11 is 0. The average Bonchev–Trinajstić information content (AvgIpc) is 3.72. The molecule has 6 rings (SSSR count). The summed E-state index contributed by atoms with van der Waals surface area (Å²) in [5.74, 6) is 3.06. The van der Waals surface area contributed by atoms with Gasteiger partial charge < -0.3 is 18.9 Å². The second-order valence-corrected chi connectivity index (χ2v) is 13.6. The molecule has 0 aromatic heterocycles. The maximum Gasteiger partial charge on any atom is 0.302 e. The van der Waals surface area contributed by atoms with Gasteiger partial charge in [0.05, 0.1) is 6.61 Å². The normalized spacial score (nSPS) is 51.7. The lowest BCUT2D eigenvalue weighted by Crippen LogP contribution is -2.48. The van der Waals surface area contributed by atoms with Crippen molar-refractivity contribution < 1.29 is 23.7 Å². The zero-order chi connectivity index (χ0) is 24.8. The van der Waals surface area contributed by atoms with Crippen molar-refractivity contribution in [2.45, 2.75) is 128 Å². The lowest BCUT2D eigenvalue weighted by atomic mass is 9.58. The first-order valence-corrected chi connectivity index (χ1v) is 14.4. The molecule has 5 nitrogen and oxygen atoms in total. The van der Waals surface area contributed by atoms with Crippen LogP contribution in [0.5, 0.6) is 0 Å². The fraction of sp³-hybridized carbons (Fsp3) is 0.900. The number of carbonyl (C=O) groups excluding carboxylic acids is 1. The maximum atomic E-state index is 11.6. The summed E-state index contributed by atoms with van der Waals surface area (Å²) in [6.07, 6.45) is 14.0. The van der Waals surface area contributed by atoms with Crippen LogP contribution in [0.4, 0.5) is 0 Å². The zero-order valence-electron chi connectivity index (χ0n) is 22.7. The Morgan fingerprint density at radius 3 is 2.46 bits per heavy atom. The van der Waals surface area contributed by atoms with Gasteiger partial charge in [0.25, 0.3) is 0 Å². The second kappa shape index (κ2) is 8.04. The molecule has 3 aliphatic carbocycles. The van der Waals surface area contributed by atoms with Crippen LogP contribution in [-0.2, 0) is 23.7 Å². The van der Waals surface area contributed by atoms with Gasteiger partial charge in [-0.15, -0.1) is 0 Å². The Morgan fingerprint density at radius 2 is 1.77 bits per heavy atom. The van der Waals surface area contributed by atoms with Gasteiger partial charge in [-0.3, -0.25) is 4.79 Å². The Labute approximate surface area is 211 Å². The van der Waals surface area contributed by atoms with E-state index in [0.29, 0.717) is 29.1 Å². The summed E-state index contributed by atoms with van der Waals surface area (Å²) in [5.41, 5.74) is -0.159. The van der Waals surface area contributed by atoms with Gasteiger partial charge in [-0.1, -0.05) is 46.8 Å². The summed E-state index contributed by atoms with van der Waals surface area (Å²) in [4.78, 5) is 11.6. The summed E-state index contributed by atoms with van der Waals surface area (Å²) in [5, 5.41) is 0. The van der Waals surface area contributed by atoms with Crippen molar-refractivity contribution in [1.82, 2.24) is 0 Å². The third kappa shape index (κ3) is 3.61. The minimum absolute atomic E-state index is 0.0188. The Morgan fingerprint density at radius 1 is 1.00 bits per heavy atom.